The molecular formula is C12H17N3OS. The van der Waals surface area contributed by atoms with Gasteiger partial charge in [0.2, 0.25) is 0 Å². The number of carbonyl (C=O) groups is 1. The van der Waals surface area contributed by atoms with E-state index in [0.717, 1.165) is 26.1 Å². The first-order valence-electron chi connectivity index (χ1n) is 6.21. The molecule has 0 aliphatic carbocycles. The first kappa shape index (κ1) is 11.2. The average Bonchev–Trinajstić information content (AvgIpc) is 3.03. The minimum Gasteiger partial charge on any atom is -0.334 e. The molecule has 2 fully saturated rings. The van der Waals surface area contributed by atoms with Gasteiger partial charge in [0.05, 0.1) is 5.51 Å². The highest BCUT2D eigenvalue weighted by atomic mass is 32.1. The van der Waals surface area contributed by atoms with Crippen molar-refractivity contribution in [2.75, 3.05) is 19.6 Å². The van der Waals surface area contributed by atoms with Gasteiger partial charge in [-0.15, -0.1) is 11.3 Å². The number of likely N-dealkylation sites (tertiary alicyclic amines) is 1. The van der Waals surface area contributed by atoms with Crippen molar-refractivity contribution in [3.63, 3.8) is 0 Å². The van der Waals surface area contributed by atoms with Gasteiger partial charge in [0, 0.05) is 31.1 Å². The summed E-state index contributed by atoms with van der Waals surface area (Å²) >= 11 is 1.49. The first-order valence-corrected chi connectivity index (χ1v) is 7.15. The molecule has 2 saturated heterocycles. The predicted octanol–water partition coefficient (Wildman–Crippen LogP) is 1.21. The Morgan fingerprint density at radius 3 is 3.24 bits per heavy atom. The fourth-order valence-electron chi connectivity index (χ4n) is 3.24. The number of carbonyl (C=O) groups excluding carboxylic acids is 1. The largest absolute Gasteiger partial charge is 0.334 e. The van der Waals surface area contributed by atoms with Gasteiger partial charge in [-0.1, -0.05) is 6.92 Å². The van der Waals surface area contributed by atoms with Crippen molar-refractivity contribution < 1.29 is 4.79 Å². The summed E-state index contributed by atoms with van der Waals surface area (Å²) in [6.45, 7) is 5.19. The van der Waals surface area contributed by atoms with Gasteiger partial charge in [-0.3, -0.25) is 4.79 Å². The van der Waals surface area contributed by atoms with E-state index in [4.69, 9.17) is 0 Å². The number of thiazole rings is 1. The molecule has 0 spiro atoms. The van der Waals surface area contributed by atoms with Gasteiger partial charge in [-0.2, -0.15) is 0 Å². The molecule has 1 aromatic rings. The van der Waals surface area contributed by atoms with Crippen molar-refractivity contribution in [2.24, 2.45) is 11.8 Å². The number of nitrogens with zero attached hydrogens (tertiary/aromatic N) is 2. The fraction of sp³-hybridized carbons (Fsp3) is 0.667. The minimum atomic E-state index is 0.118. The third-order valence-corrected chi connectivity index (χ3v) is 4.63. The molecule has 0 saturated carbocycles. The summed E-state index contributed by atoms with van der Waals surface area (Å²) in [6, 6.07) is 0.393. The quantitative estimate of drug-likeness (QED) is 0.859. The van der Waals surface area contributed by atoms with Gasteiger partial charge in [0.15, 0.2) is 0 Å². The van der Waals surface area contributed by atoms with Crippen LogP contribution in [0.5, 0.6) is 0 Å². The molecule has 2 aliphatic rings. The molecule has 4 nitrogen and oxygen atoms in total. The number of nitrogens with one attached hydrogen (secondary N) is 1. The molecular weight excluding hydrogens is 234 g/mol. The van der Waals surface area contributed by atoms with Crippen LogP contribution in [-0.4, -0.2) is 41.5 Å². The Morgan fingerprint density at radius 2 is 2.53 bits per heavy atom. The highest BCUT2D eigenvalue weighted by Gasteiger charge is 2.45. The number of fused-ring (bicyclic) bond motifs is 1. The summed E-state index contributed by atoms with van der Waals surface area (Å²) in [4.78, 5) is 18.5. The van der Waals surface area contributed by atoms with Gasteiger partial charge in [0.25, 0.3) is 5.91 Å². The molecule has 17 heavy (non-hydrogen) atoms. The summed E-state index contributed by atoms with van der Waals surface area (Å²) < 4.78 is 0. The zero-order valence-corrected chi connectivity index (χ0v) is 10.7. The summed E-state index contributed by atoms with van der Waals surface area (Å²) in [7, 11) is 0. The van der Waals surface area contributed by atoms with Crippen LogP contribution < -0.4 is 5.32 Å². The normalized spacial score (nSPS) is 31.8. The highest BCUT2D eigenvalue weighted by molar-refractivity contribution is 7.07. The van der Waals surface area contributed by atoms with E-state index in [1.807, 2.05) is 10.3 Å². The van der Waals surface area contributed by atoms with E-state index >= 15 is 0 Å². The first-order chi connectivity index (χ1) is 8.31. The number of hydrogen-bond acceptors (Lipinski definition) is 4. The van der Waals surface area contributed by atoms with Crippen LogP contribution in [0.4, 0.5) is 0 Å². The maximum absolute atomic E-state index is 12.4. The molecule has 3 heterocycles. The molecule has 3 unspecified atom stereocenters. The second-order valence-electron chi connectivity index (χ2n) is 4.89. The summed E-state index contributed by atoms with van der Waals surface area (Å²) in [5.74, 6) is 1.40. The Morgan fingerprint density at radius 1 is 1.65 bits per heavy atom. The number of hydrogen-bond donors (Lipinski definition) is 1. The van der Waals surface area contributed by atoms with E-state index < -0.39 is 0 Å². The van der Waals surface area contributed by atoms with Crippen LogP contribution in [0.1, 0.15) is 23.8 Å². The lowest BCUT2D eigenvalue weighted by Crippen LogP contribution is -2.39. The van der Waals surface area contributed by atoms with Crippen molar-refractivity contribution in [3.05, 3.63) is 16.6 Å². The van der Waals surface area contributed by atoms with Crippen LogP contribution in [0, 0.1) is 11.8 Å². The van der Waals surface area contributed by atoms with Gasteiger partial charge in [-0.05, 0) is 18.3 Å². The Kier molecular flexibility index (Phi) is 2.88. The van der Waals surface area contributed by atoms with E-state index in [1.165, 1.54) is 11.3 Å². The molecule has 0 aromatic carbocycles. The van der Waals surface area contributed by atoms with E-state index in [1.54, 1.807) is 5.51 Å². The third kappa shape index (κ3) is 1.77. The van der Waals surface area contributed by atoms with Crippen LogP contribution >= 0.6 is 11.3 Å². The Hall–Kier alpha value is -0.940. The van der Waals surface area contributed by atoms with Crippen LogP contribution in [0.2, 0.25) is 0 Å². The van der Waals surface area contributed by atoms with Crippen molar-refractivity contribution in [1.29, 1.82) is 0 Å². The molecule has 2 aliphatic heterocycles. The van der Waals surface area contributed by atoms with Crippen LogP contribution in [0.15, 0.2) is 10.9 Å². The lowest BCUT2D eigenvalue weighted by atomic mass is 9.93. The van der Waals surface area contributed by atoms with E-state index in [9.17, 15) is 4.79 Å². The standard InChI is InChI=1S/C12H17N3OS/c1-2-11-9-4-13-3-8(9)5-15(11)12(16)10-6-17-7-14-10/h6-9,11,13H,2-5H2,1H3. The van der Waals surface area contributed by atoms with Gasteiger partial charge >= 0.3 is 0 Å². The summed E-state index contributed by atoms with van der Waals surface area (Å²) in [5.41, 5.74) is 2.34. The molecule has 3 rings (SSSR count). The predicted molar refractivity (Wildman–Crippen MR) is 67.1 cm³/mol. The van der Waals surface area contributed by atoms with E-state index in [0.29, 0.717) is 23.6 Å². The van der Waals surface area contributed by atoms with E-state index in [2.05, 4.69) is 17.2 Å². The topological polar surface area (TPSA) is 45.2 Å². The molecule has 1 aromatic heterocycles. The molecule has 92 valence electrons. The SMILES string of the molecule is CCC1C2CNCC2CN1C(=O)c1cscn1. The monoisotopic (exact) mass is 251 g/mol. The highest BCUT2D eigenvalue weighted by Crippen LogP contribution is 2.34. The molecule has 0 radical (unpaired) electrons. The molecule has 3 atom stereocenters. The Balaban J connectivity index is 1.81. The van der Waals surface area contributed by atoms with Crippen molar-refractivity contribution in [3.8, 4) is 0 Å². The summed E-state index contributed by atoms with van der Waals surface area (Å²) in [6.07, 6.45) is 1.04. The Bertz CT molecular complexity index is 406. The van der Waals surface area contributed by atoms with Crippen molar-refractivity contribution in [2.45, 2.75) is 19.4 Å². The molecule has 1 amide bonds. The zero-order chi connectivity index (χ0) is 11.8. The van der Waals surface area contributed by atoms with Crippen LogP contribution in [-0.2, 0) is 0 Å². The number of amides is 1. The molecule has 0 bridgehead atoms. The van der Waals surface area contributed by atoms with Crippen LogP contribution in [0.25, 0.3) is 0 Å². The zero-order valence-electron chi connectivity index (χ0n) is 9.93. The second-order valence-corrected chi connectivity index (χ2v) is 5.61. The average molecular weight is 251 g/mol. The van der Waals surface area contributed by atoms with Crippen molar-refractivity contribution in [1.82, 2.24) is 15.2 Å². The second kappa shape index (κ2) is 4.38. The maximum Gasteiger partial charge on any atom is 0.273 e. The molecule has 5 heteroatoms. The Labute approximate surface area is 105 Å². The van der Waals surface area contributed by atoms with Crippen LogP contribution in [0.3, 0.4) is 0 Å². The smallest absolute Gasteiger partial charge is 0.273 e. The van der Waals surface area contributed by atoms with E-state index in [-0.39, 0.29) is 5.91 Å². The lowest BCUT2D eigenvalue weighted by Gasteiger charge is -2.26. The maximum atomic E-state index is 12.4. The summed E-state index contributed by atoms with van der Waals surface area (Å²) in [5, 5.41) is 5.28. The third-order valence-electron chi connectivity index (χ3n) is 4.05. The number of rotatable bonds is 2. The minimum absolute atomic E-state index is 0.118. The lowest BCUT2D eigenvalue weighted by molar-refractivity contribution is 0.0706. The fourth-order valence-corrected chi connectivity index (χ4v) is 3.77. The van der Waals surface area contributed by atoms with Gasteiger partial charge in [0.1, 0.15) is 5.69 Å². The van der Waals surface area contributed by atoms with Gasteiger partial charge in [-0.25, -0.2) is 4.98 Å². The molecule has 1 N–H and O–H groups in total. The van der Waals surface area contributed by atoms with Gasteiger partial charge < -0.3 is 10.2 Å². The van der Waals surface area contributed by atoms with Crippen molar-refractivity contribution >= 4 is 17.2 Å². The number of aromatic nitrogens is 1.